The Bertz CT molecular complexity index is 1260. The molecule has 0 unspecified atom stereocenters. The van der Waals surface area contributed by atoms with Gasteiger partial charge in [0.2, 0.25) is 0 Å². The average Bonchev–Trinajstić information content (AvgIpc) is 3.03. The average molecular weight is 484 g/mol. The number of nitrogens with zero attached hydrogens (tertiary/aromatic N) is 3. The molecule has 5 nitrogen and oxygen atoms in total. The summed E-state index contributed by atoms with van der Waals surface area (Å²) in [5.41, 5.74) is 3.75. The van der Waals surface area contributed by atoms with Gasteiger partial charge in [-0.25, -0.2) is 4.85 Å². The number of aryl methyl sites for hydroxylation is 1. The Labute approximate surface area is 212 Å². The molecule has 35 heavy (non-hydrogen) atoms. The smallest absolute Gasteiger partial charge is 0.258 e. The summed E-state index contributed by atoms with van der Waals surface area (Å²) in [6, 6.07) is 23.8. The molecule has 1 amide bonds. The number of rotatable bonds is 8. The highest BCUT2D eigenvalue weighted by Crippen LogP contribution is 2.34. The highest BCUT2D eigenvalue weighted by atomic mass is 32.1. The monoisotopic (exact) mass is 483 g/mol. The molecule has 0 aromatic heterocycles. The lowest BCUT2D eigenvalue weighted by molar-refractivity contribution is -0.123. The van der Waals surface area contributed by atoms with Crippen molar-refractivity contribution in [1.29, 1.82) is 0 Å². The van der Waals surface area contributed by atoms with Crippen LogP contribution in [0.25, 0.3) is 16.0 Å². The van der Waals surface area contributed by atoms with Gasteiger partial charge in [-0.15, -0.1) is 0 Å². The van der Waals surface area contributed by atoms with Crippen molar-refractivity contribution in [3.05, 3.63) is 89.8 Å². The van der Waals surface area contributed by atoms with Crippen molar-refractivity contribution in [2.75, 3.05) is 18.1 Å². The number of carbonyl (C=O) groups is 1. The maximum Gasteiger partial charge on any atom is 0.258 e. The molecule has 0 aliphatic carbocycles. The Kier molecular flexibility index (Phi) is 7.18. The fourth-order valence-electron chi connectivity index (χ4n) is 4.28. The Morgan fingerprint density at radius 2 is 1.66 bits per heavy atom. The predicted molar refractivity (Wildman–Crippen MR) is 145 cm³/mol. The maximum atomic E-state index is 13.2. The molecule has 1 saturated heterocycles. The lowest BCUT2D eigenvalue weighted by Gasteiger charge is -2.29. The van der Waals surface area contributed by atoms with E-state index in [1.807, 2.05) is 62.1 Å². The Morgan fingerprint density at radius 3 is 2.31 bits per heavy atom. The number of ether oxygens (including phenoxy) is 1. The van der Waals surface area contributed by atoms with Crippen LogP contribution in [0.5, 0.6) is 5.75 Å². The first-order valence-corrected chi connectivity index (χ1v) is 12.2. The van der Waals surface area contributed by atoms with Crippen LogP contribution in [0.15, 0.2) is 72.8 Å². The highest BCUT2D eigenvalue weighted by molar-refractivity contribution is 7.80. The Balaban J connectivity index is 1.31. The van der Waals surface area contributed by atoms with Crippen LogP contribution in [0.2, 0.25) is 0 Å². The molecule has 1 heterocycles. The highest BCUT2D eigenvalue weighted by Gasteiger charge is 2.49. The van der Waals surface area contributed by atoms with Crippen LogP contribution in [0.1, 0.15) is 32.3 Å². The summed E-state index contributed by atoms with van der Waals surface area (Å²) in [5, 5.41) is 0.507. The largest absolute Gasteiger partial charge is 0.494 e. The molecule has 178 valence electrons. The standard InChI is InChI=1S/C29H29N3O2S/c1-21-20-24(14-17-26(21)30-4)32-27(33)29(2,3)31(28(32)35)18-8-9-19-34-25-15-12-23(13-16-25)22-10-6-5-7-11-22/h5-7,10-17,20H,8-9,18-19H2,1-3H3. The van der Waals surface area contributed by atoms with Gasteiger partial charge in [-0.2, -0.15) is 0 Å². The molecule has 0 radical (unpaired) electrons. The lowest BCUT2D eigenvalue weighted by Crippen LogP contribution is -2.44. The third-order valence-electron chi connectivity index (χ3n) is 6.39. The zero-order valence-corrected chi connectivity index (χ0v) is 21.1. The van der Waals surface area contributed by atoms with Gasteiger partial charge in [-0.05, 0) is 86.8 Å². The van der Waals surface area contributed by atoms with E-state index in [1.54, 1.807) is 17.0 Å². The van der Waals surface area contributed by atoms with E-state index < -0.39 is 5.54 Å². The second-order valence-corrected chi connectivity index (χ2v) is 9.53. The zero-order chi connectivity index (χ0) is 25.0. The summed E-state index contributed by atoms with van der Waals surface area (Å²) in [6.07, 6.45) is 1.70. The van der Waals surface area contributed by atoms with E-state index in [2.05, 4.69) is 29.1 Å². The van der Waals surface area contributed by atoms with Crippen LogP contribution in [0.4, 0.5) is 11.4 Å². The second kappa shape index (κ2) is 10.3. The van der Waals surface area contributed by atoms with Gasteiger partial charge in [-0.3, -0.25) is 9.69 Å². The van der Waals surface area contributed by atoms with Gasteiger partial charge >= 0.3 is 0 Å². The number of carbonyl (C=O) groups excluding carboxylic acids is 1. The molecule has 1 aliphatic rings. The molecule has 3 aromatic rings. The van der Waals surface area contributed by atoms with E-state index in [0.29, 0.717) is 29.6 Å². The van der Waals surface area contributed by atoms with Gasteiger partial charge in [0.25, 0.3) is 5.91 Å². The van der Waals surface area contributed by atoms with Crippen LogP contribution >= 0.6 is 12.2 Å². The molecule has 0 bridgehead atoms. The molecule has 0 saturated carbocycles. The van der Waals surface area contributed by atoms with E-state index >= 15 is 0 Å². The fourth-order valence-corrected chi connectivity index (χ4v) is 4.79. The first-order chi connectivity index (χ1) is 16.8. The minimum Gasteiger partial charge on any atom is -0.494 e. The first-order valence-electron chi connectivity index (χ1n) is 11.8. The number of unbranched alkanes of at least 4 members (excludes halogenated alkanes) is 1. The van der Waals surface area contributed by atoms with Crippen molar-refractivity contribution in [3.63, 3.8) is 0 Å². The molecule has 1 fully saturated rings. The zero-order valence-electron chi connectivity index (χ0n) is 20.3. The molecule has 6 heteroatoms. The number of thiocarbonyl (C=S) groups is 1. The number of benzene rings is 3. The summed E-state index contributed by atoms with van der Waals surface area (Å²) in [4.78, 5) is 20.3. The van der Waals surface area contributed by atoms with Crippen LogP contribution in [0, 0.1) is 13.5 Å². The van der Waals surface area contributed by atoms with Crippen LogP contribution < -0.4 is 9.64 Å². The molecule has 4 rings (SSSR count). The van der Waals surface area contributed by atoms with Gasteiger partial charge in [0.05, 0.1) is 13.2 Å². The Hall–Kier alpha value is -3.69. The SMILES string of the molecule is [C-]#[N+]c1ccc(N2C(=O)C(C)(C)N(CCCCOc3ccc(-c4ccccc4)cc3)C2=S)cc1C. The van der Waals surface area contributed by atoms with Crippen LogP contribution in [-0.2, 0) is 4.79 Å². The number of anilines is 1. The van der Waals surface area contributed by atoms with Crippen molar-refractivity contribution in [2.24, 2.45) is 0 Å². The van der Waals surface area contributed by atoms with Crippen molar-refractivity contribution in [3.8, 4) is 16.9 Å². The molecule has 1 aliphatic heterocycles. The summed E-state index contributed by atoms with van der Waals surface area (Å²) in [7, 11) is 0. The van der Waals surface area contributed by atoms with Crippen molar-refractivity contribution < 1.29 is 9.53 Å². The van der Waals surface area contributed by atoms with Gasteiger partial charge in [0, 0.05) is 12.2 Å². The molecule has 0 atom stereocenters. The summed E-state index contributed by atoms with van der Waals surface area (Å²) < 4.78 is 5.93. The summed E-state index contributed by atoms with van der Waals surface area (Å²) >= 11 is 5.72. The Morgan fingerprint density at radius 1 is 0.971 bits per heavy atom. The van der Waals surface area contributed by atoms with E-state index in [4.69, 9.17) is 23.5 Å². The summed E-state index contributed by atoms with van der Waals surface area (Å²) in [5.74, 6) is 0.800. The maximum absolute atomic E-state index is 13.2. The third-order valence-corrected chi connectivity index (χ3v) is 6.79. The van der Waals surface area contributed by atoms with E-state index in [9.17, 15) is 4.79 Å². The molecular weight excluding hydrogens is 454 g/mol. The number of amides is 1. The fraction of sp³-hybridized carbons (Fsp3) is 0.276. The van der Waals surface area contributed by atoms with Gasteiger partial charge in [0.15, 0.2) is 10.8 Å². The van der Waals surface area contributed by atoms with E-state index in [-0.39, 0.29) is 5.91 Å². The summed E-state index contributed by atoms with van der Waals surface area (Å²) in [6.45, 7) is 14.2. The molecule has 3 aromatic carbocycles. The van der Waals surface area contributed by atoms with Crippen LogP contribution in [-0.4, -0.2) is 34.6 Å². The first kappa shape index (κ1) is 24.4. The van der Waals surface area contributed by atoms with E-state index in [0.717, 1.165) is 29.7 Å². The minimum absolute atomic E-state index is 0.0489. The number of hydrogen-bond donors (Lipinski definition) is 0. The predicted octanol–water partition coefficient (Wildman–Crippen LogP) is 6.78. The number of hydrogen-bond acceptors (Lipinski definition) is 3. The van der Waals surface area contributed by atoms with Crippen molar-refractivity contribution in [2.45, 2.75) is 39.2 Å². The molecule has 0 N–H and O–H groups in total. The minimum atomic E-state index is -0.725. The topological polar surface area (TPSA) is 37.1 Å². The quantitative estimate of drug-likeness (QED) is 0.201. The van der Waals surface area contributed by atoms with Gasteiger partial charge in [0.1, 0.15) is 11.3 Å². The van der Waals surface area contributed by atoms with Crippen molar-refractivity contribution >= 4 is 34.6 Å². The molecule has 0 spiro atoms. The van der Waals surface area contributed by atoms with E-state index in [1.165, 1.54) is 5.56 Å². The third kappa shape index (κ3) is 5.06. The molecular formula is C29H29N3O2S. The normalized spacial score (nSPS) is 14.8. The van der Waals surface area contributed by atoms with Crippen LogP contribution in [0.3, 0.4) is 0 Å². The second-order valence-electron chi connectivity index (χ2n) is 9.16. The van der Waals surface area contributed by atoms with Gasteiger partial charge < -0.3 is 9.64 Å². The van der Waals surface area contributed by atoms with Crippen molar-refractivity contribution in [1.82, 2.24) is 4.90 Å². The lowest BCUT2D eigenvalue weighted by atomic mass is 10.0. The van der Waals surface area contributed by atoms with Gasteiger partial charge in [-0.1, -0.05) is 48.5 Å².